The van der Waals surface area contributed by atoms with Crippen LogP contribution in [0.15, 0.2) is 59.5 Å². The molecular weight excluding hydrogens is 242 g/mol. The van der Waals surface area contributed by atoms with Gasteiger partial charge in [-0.2, -0.15) is 0 Å². The molecule has 0 aliphatic carbocycles. The van der Waals surface area contributed by atoms with Crippen molar-refractivity contribution in [1.29, 1.82) is 0 Å². The van der Waals surface area contributed by atoms with Crippen LogP contribution >= 0.6 is 0 Å². The van der Waals surface area contributed by atoms with E-state index in [1.807, 2.05) is 42.5 Å². The van der Waals surface area contributed by atoms with Gasteiger partial charge in [0.2, 0.25) is 0 Å². The average Bonchev–Trinajstić information content (AvgIpc) is 2.40. The standard InChI is InChI=1S/C15H17NOS/c1-18(17)15-10-6-5-9-14(15)12-16-11-13-7-3-2-4-8-13/h2-10,16H,11-12H2,1H3. The van der Waals surface area contributed by atoms with Gasteiger partial charge >= 0.3 is 0 Å². The van der Waals surface area contributed by atoms with Gasteiger partial charge in [0.1, 0.15) is 0 Å². The Labute approximate surface area is 111 Å². The van der Waals surface area contributed by atoms with Crippen LogP contribution in [-0.2, 0) is 23.9 Å². The number of nitrogens with one attached hydrogen (secondary N) is 1. The molecule has 0 amide bonds. The zero-order valence-electron chi connectivity index (χ0n) is 10.4. The summed E-state index contributed by atoms with van der Waals surface area (Å²) < 4.78 is 11.6. The van der Waals surface area contributed by atoms with Crippen LogP contribution in [0.1, 0.15) is 11.1 Å². The maximum atomic E-state index is 11.6. The van der Waals surface area contributed by atoms with Crippen LogP contribution in [0.3, 0.4) is 0 Å². The zero-order valence-corrected chi connectivity index (χ0v) is 11.2. The molecule has 2 nitrogen and oxygen atoms in total. The number of hydrogen-bond acceptors (Lipinski definition) is 2. The second kappa shape index (κ2) is 6.47. The molecule has 18 heavy (non-hydrogen) atoms. The molecule has 0 heterocycles. The van der Waals surface area contributed by atoms with E-state index in [9.17, 15) is 4.21 Å². The van der Waals surface area contributed by atoms with E-state index in [0.29, 0.717) is 0 Å². The smallest absolute Gasteiger partial charge is 0.0501 e. The summed E-state index contributed by atoms with van der Waals surface area (Å²) in [6.45, 7) is 1.57. The normalized spacial score (nSPS) is 12.3. The van der Waals surface area contributed by atoms with Gasteiger partial charge in [-0.15, -0.1) is 0 Å². The van der Waals surface area contributed by atoms with Crippen LogP contribution in [0.4, 0.5) is 0 Å². The first-order chi connectivity index (χ1) is 8.77. The highest BCUT2D eigenvalue weighted by Gasteiger charge is 2.04. The molecule has 0 bridgehead atoms. The third-order valence-corrected chi connectivity index (χ3v) is 3.79. The van der Waals surface area contributed by atoms with Crippen LogP contribution in [0.25, 0.3) is 0 Å². The van der Waals surface area contributed by atoms with Gasteiger partial charge in [-0.1, -0.05) is 48.5 Å². The van der Waals surface area contributed by atoms with Crippen molar-refractivity contribution in [3.8, 4) is 0 Å². The van der Waals surface area contributed by atoms with E-state index in [1.54, 1.807) is 6.26 Å². The molecule has 1 N–H and O–H groups in total. The van der Waals surface area contributed by atoms with E-state index >= 15 is 0 Å². The molecule has 2 rings (SSSR count). The fourth-order valence-corrected chi connectivity index (χ4v) is 2.65. The molecule has 0 aliphatic heterocycles. The first kappa shape index (κ1) is 13.0. The Morgan fingerprint density at radius 3 is 2.33 bits per heavy atom. The van der Waals surface area contributed by atoms with Crippen LogP contribution in [0.2, 0.25) is 0 Å². The lowest BCUT2D eigenvalue weighted by Crippen LogP contribution is -2.14. The molecule has 0 aromatic heterocycles. The Hall–Kier alpha value is -1.45. The third-order valence-electron chi connectivity index (χ3n) is 2.77. The van der Waals surface area contributed by atoms with Gasteiger partial charge in [0.15, 0.2) is 0 Å². The van der Waals surface area contributed by atoms with E-state index in [2.05, 4.69) is 17.4 Å². The van der Waals surface area contributed by atoms with Crippen molar-refractivity contribution < 1.29 is 4.21 Å². The maximum Gasteiger partial charge on any atom is 0.0501 e. The van der Waals surface area contributed by atoms with Crippen molar-refractivity contribution >= 4 is 10.8 Å². The summed E-state index contributed by atoms with van der Waals surface area (Å²) in [5, 5.41) is 3.38. The maximum absolute atomic E-state index is 11.6. The lowest BCUT2D eigenvalue weighted by Gasteiger charge is -2.08. The summed E-state index contributed by atoms with van der Waals surface area (Å²) in [5.74, 6) is 0. The minimum absolute atomic E-state index is 0.741. The summed E-state index contributed by atoms with van der Waals surface area (Å²) in [6.07, 6.45) is 1.72. The van der Waals surface area contributed by atoms with E-state index in [4.69, 9.17) is 0 Å². The molecule has 1 unspecified atom stereocenters. The van der Waals surface area contributed by atoms with Gasteiger partial charge in [0, 0.05) is 24.2 Å². The quantitative estimate of drug-likeness (QED) is 0.894. The molecular formula is C15H17NOS. The molecule has 94 valence electrons. The van der Waals surface area contributed by atoms with Gasteiger partial charge in [-0.3, -0.25) is 4.21 Å². The first-order valence-electron chi connectivity index (χ1n) is 5.93. The van der Waals surface area contributed by atoms with Gasteiger partial charge in [0.05, 0.1) is 10.8 Å². The molecule has 1 atom stereocenters. The third kappa shape index (κ3) is 3.52. The van der Waals surface area contributed by atoms with Crippen LogP contribution in [0, 0.1) is 0 Å². The van der Waals surface area contributed by atoms with E-state index in [1.165, 1.54) is 5.56 Å². The summed E-state index contributed by atoms with van der Waals surface area (Å²) in [6, 6.07) is 18.1. The minimum Gasteiger partial charge on any atom is -0.309 e. The second-order valence-corrected chi connectivity index (χ2v) is 5.50. The predicted molar refractivity (Wildman–Crippen MR) is 75.8 cm³/mol. The topological polar surface area (TPSA) is 29.1 Å². The fraction of sp³-hybridized carbons (Fsp3) is 0.200. The molecule has 0 fully saturated rings. The highest BCUT2D eigenvalue weighted by Crippen LogP contribution is 2.12. The Bertz CT molecular complexity index is 525. The molecule has 2 aromatic carbocycles. The number of hydrogen-bond donors (Lipinski definition) is 1. The molecule has 0 aliphatic rings. The molecule has 0 radical (unpaired) electrons. The van der Waals surface area contributed by atoms with Gasteiger partial charge in [0.25, 0.3) is 0 Å². The fourth-order valence-electron chi connectivity index (χ4n) is 1.87. The number of benzene rings is 2. The summed E-state index contributed by atoms with van der Waals surface area (Å²) in [7, 11) is -0.928. The van der Waals surface area contributed by atoms with Crippen molar-refractivity contribution in [2.75, 3.05) is 6.26 Å². The zero-order chi connectivity index (χ0) is 12.8. The van der Waals surface area contributed by atoms with Gasteiger partial charge in [-0.25, -0.2) is 0 Å². The van der Waals surface area contributed by atoms with Crippen LogP contribution < -0.4 is 5.32 Å². The van der Waals surface area contributed by atoms with Crippen LogP contribution in [-0.4, -0.2) is 10.5 Å². The van der Waals surface area contributed by atoms with E-state index in [-0.39, 0.29) is 0 Å². The molecule has 3 heteroatoms. The second-order valence-electron chi connectivity index (χ2n) is 4.15. The van der Waals surface area contributed by atoms with Crippen molar-refractivity contribution in [3.63, 3.8) is 0 Å². The monoisotopic (exact) mass is 259 g/mol. The molecule has 0 saturated heterocycles. The Kier molecular flexibility index (Phi) is 4.67. The lowest BCUT2D eigenvalue weighted by atomic mass is 10.2. The molecule has 2 aromatic rings. The lowest BCUT2D eigenvalue weighted by molar-refractivity contribution is 0.673. The van der Waals surface area contributed by atoms with Crippen LogP contribution in [0.5, 0.6) is 0 Å². The van der Waals surface area contributed by atoms with Crippen molar-refractivity contribution in [2.24, 2.45) is 0 Å². The summed E-state index contributed by atoms with van der Waals surface area (Å²) in [5.41, 5.74) is 2.36. The highest BCUT2D eigenvalue weighted by molar-refractivity contribution is 7.84. The number of rotatable bonds is 5. The van der Waals surface area contributed by atoms with Crippen molar-refractivity contribution in [1.82, 2.24) is 5.32 Å². The Morgan fingerprint density at radius 1 is 0.944 bits per heavy atom. The summed E-state index contributed by atoms with van der Waals surface area (Å²) in [4.78, 5) is 0.915. The average molecular weight is 259 g/mol. The minimum atomic E-state index is -0.928. The SMILES string of the molecule is CS(=O)c1ccccc1CNCc1ccccc1. The largest absolute Gasteiger partial charge is 0.309 e. The predicted octanol–water partition coefficient (Wildman–Crippen LogP) is 2.71. The Balaban J connectivity index is 1.97. The van der Waals surface area contributed by atoms with Gasteiger partial charge < -0.3 is 5.32 Å². The van der Waals surface area contributed by atoms with E-state index < -0.39 is 10.8 Å². The molecule has 0 spiro atoms. The van der Waals surface area contributed by atoms with E-state index in [0.717, 1.165) is 23.5 Å². The Morgan fingerprint density at radius 2 is 1.61 bits per heavy atom. The van der Waals surface area contributed by atoms with Crippen molar-refractivity contribution in [3.05, 3.63) is 65.7 Å². The molecule has 0 saturated carbocycles. The van der Waals surface area contributed by atoms with Gasteiger partial charge in [-0.05, 0) is 17.2 Å². The first-order valence-corrected chi connectivity index (χ1v) is 7.49. The summed E-state index contributed by atoms with van der Waals surface area (Å²) >= 11 is 0. The highest BCUT2D eigenvalue weighted by atomic mass is 32.2. The van der Waals surface area contributed by atoms with Crippen molar-refractivity contribution in [2.45, 2.75) is 18.0 Å².